The zero-order valence-electron chi connectivity index (χ0n) is 16.2. The summed E-state index contributed by atoms with van der Waals surface area (Å²) in [7, 11) is 2.16. The Morgan fingerprint density at radius 3 is 2.59 bits per heavy atom. The summed E-state index contributed by atoms with van der Waals surface area (Å²) in [5.74, 6) is 0.894. The molecule has 1 saturated heterocycles. The molecule has 0 saturated carbocycles. The van der Waals surface area contributed by atoms with Gasteiger partial charge in [-0.25, -0.2) is 0 Å². The summed E-state index contributed by atoms with van der Waals surface area (Å²) in [4.78, 5) is 4.82. The maximum atomic E-state index is 6.55. The predicted molar refractivity (Wildman–Crippen MR) is 115 cm³/mol. The van der Waals surface area contributed by atoms with Crippen molar-refractivity contribution in [3.8, 4) is 0 Å². The number of nitrogens with one attached hydrogen (secondary N) is 1. The Morgan fingerprint density at radius 2 is 1.85 bits per heavy atom. The first kappa shape index (κ1) is 19.1. The fraction of sp³-hybridized carbons (Fsp3) is 0.455. The number of para-hydroxylation sites is 1. The molecule has 0 bridgehead atoms. The molecule has 0 aliphatic carbocycles. The summed E-state index contributed by atoms with van der Waals surface area (Å²) in [6, 6.07) is 13.3. The van der Waals surface area contributed by atoms with E-state index in [-0.39, 0.29) is 5.92 Å². The number of benzene rings is 2. The normalized spacial score (nSPS) is 23.1. The van der Waals surface area contributed by atoms with Crippen LogP contribution in [-0.4, -0.2) is 37.7 Å². The van der Waals surface area contributed by atoms with Crippen LogP contribution >= 0.6 is 23.2 Å². The van der Waals surface area contributed by atoms with Gasteiger partial charge in [-0.1, -0.05) is 55.2 Å². The molecule has 3 nitrogen and oxygen atoms in total. The Hall–Kier alpha value is -1.26. The van der Waals surface area contributed by atoms with E-state index in [0.717, 1.165) is 31.3 Å². The molecule has 1 fully saturated rings. The lowest BCUT2D eigenvalue weighted by molar-refractivity contribution is 0.295. The van der Waals surface area contributed by atoms with Gasteiger partial charge in [0, 0.05) is 47.3 Å². The second-order valence-corrected chi connectivity index (χ2v) is 9.04. The molecule has 0 radical (unpaired) electrons. The van der Waals surface area contributed by atoms with Crippen LogP contribution in [0.1, 0.15) is 36.5 Å². The second kappa shape index (κ2) is 7.63. The van der Waals surface area contributed by atoms with Crippen LogP contribution in [0.4, 0.5) is 5.69 Å². The smallest absolute Gasteiger partial charge is 0.0685 e. The van der Waals surface area contributed by atoms with Crippen molar-refractivity contribution in [3.63, 3.8) is 0 Å². The monoisotopic (exact) mass is 403 g/mol. The molecule has 2 aromatic rings. The van der Waals surface area contributed by atoms with Crippen LogP contribution in [-0.2, 0) is 6.54 Å². The molecule has 2 atom stereocenters. The molecular weight excluding hydrogens is 377 g/mol. The number of likely N-dealkylation sites (N-methyl/N-ethyl adjacent to an activating group) is 1. The molecule has 2 aliphatic heterocycles. The highest BCUT2D eigenvalue weighted by Gasteiger charge is 2.31. The zero-order valence-corrected chi connectivity index (χ0v) is 17.7. The van der Waals surface area contributed by atoms with Gasteiger partial charge in [-0.3, -0.25) is 5.32 Å². The summed E-state index contributed by atoms with van der Waals surface area (Å²) in [6.07, 6.45) is 0. The highest BCUT2D eigenvalue weighted by Crippen LogP contribution is 2.41. The van der Waals surface area contributed by atoms with Gasteiger partial charge in [0.1, 0.15) is 0 Å². The van der Waals surface area contributed by atoms with Crippen molar-refractivity contribution in [2.24, 2.45) is 5.92 Å². The molecule has 27 heavy (non-hydrogen) atoms. The number of halogens is 2. The third-order valence-corrected chi connectivity index (χ3v) is 6.47. The van der Waals surface area contributed by atoms with Crippen molar-refractivity contribution in [2.75, 3.05) is 31.7 Å². The van der Waals surface area contributed by atoms with Crippen LogP contribution in [0.2, 0.25) is 10.0 Å². The Kier molecular flexibility index (Phi) is 5.39. The molecule has 144 valence electrons. The SMILES string of the molecule is CC(C)C1CN(c2ccccc2[C@@H]2CN(C)Cc3c(Cl)cc(Cl)cc32)CN1. The summed E-state index contributed by atoms with van der Waals surface area (Å²) < 4.78 is 0. The van der Waals surface area contributed by atoms with E-state index in [1.54, 1.807) is 0 Å². The van der Waals surface area contributed by atoms with Crippen molar-refractivity contribution in [3.05, 3.63) is 63.1 Å². The van der Waals surface area contributed by atoms with E-state index < -0.39 is 0 Å². The predicted octanol–water partition coefficient (Wildman–Crippen LogP) is 4.96. The highest BCUT2D eigenvalue weighted by molar-refractivity contribution is 6.35. The van der Waals surface area contributed by atoms with Crippen molar-refractivity contribution in [1.82, 2.24) is 10.2 Å². The summed E-state index contributed by atoms with van der Waals surface area (Å²) in [5, 5.41) is 5.14. The second-order valence-electron chi connectivity index (χ2n) is 8.20. The van der Waals surface area contributed by atoms with Gasteiger partial charge in [-0.05, 0) is 47.9 Å². The van der Waals surface area contributed by atoms with Crippen LogP contribution in [0, 0.1) is 5.92 Å². The number of hydrogen-bond donors (Lipinski definition) is 1. The van der Waals surface area contributed by atoms with Crippen LogP contribution in [0.3, 0.4) is 0 Å². The van der Waals surface area contributed by atoms with Crippen LogP contribution in [0.5, 0.6) is 0 Å². The van der Waals surface area contributed by atoms with Gasteiger partial charge in [0.15, 0.2) is 0 Å². The number of anilines is 1. The third kappa shape index (κ3) is 3.71. The molecular formula is C22H27Cl2N3. The minimum absolute atomic E-state index is 0.268. The van der Waals surface area contributed by atoms with E-state index in [4.69, 9.17) is 23.2 Å². The van der Waals surface area contributed by atoms with E-state index >= 15 is 0 Å². The minimum atomic E-state index is 0.268. The maximum absolute atomic E-state index is 6.55. The van der Waals surface area contributed by atoms with E-state index in [2.05, 4.69) is 66.3 Å². The van der Waals surface area contributed by atoms with E-state index in [1.165, 1.54) is 22.4 Å². The average Bonchev–Trinajstić information content (AvgIpc) is 3.12. The van der Waals surface area contributed by atoms with Gasteiger partial charge in [0.25, 0.3) is 0 Å². The quantitative estimate of drug-likeness (QED) is 0.780. The molecule has 2 aliphatic rings. The van der Waals surface area contributed by atoms with Crippen molar-refractivity contribution < 1.29 is 0 Å². The molecule has 0 aromatic heterocycles. The Balaban J connectivity index is 1.75. The number of hydrogen-bond acceptors (Lipinski definition) is 3. The first-order chi connectivity index (χ1) is 12.9. The summed E-state index contributed by atoms with van der Waals surface area (Å²) in [5.41, 5.74) is 5.14. The van der Waals surface area contributed by atoms with Gasteiger partial charge in [0.2, 0.25) is 0 Å². The molecule has 2 aromatic carbocycles. The topological polar surface area (TPSA) is 18.5 Å². The Morgan fingerprint density at radius 1 is 1.07 bits per heavy atom. The van der Waals surface area contributed by atoms with Gasteiger partial charge < -0.3 is 9.80 Å². The van der Waals surface area contributed by atoms with Gasteiger partial charge in [-0.15, -0.1) is 0 Å². The lowest BCUT2D eigenvalue weighted by atomic mass is 9.83. The minimum Gasteiger partial charge on any atom is -0.357 e. The van der Waals surface area contributed by atoms with E-state index in [0.29, 0.717) is 17.0 Å². The fourth-order valence-electron chi connectivity index (χ4n) is 4.41. The molecule has 0 amide bonds. The third-order valence-electron chi connectivity index (χ3n) is 5.91. The molecule has 1 N–H and O–H groups in total. The van der Waals surface area contributed by atoms with E-state index in [9.17, 15) is 0 Å². The van der Waals surface area contributed by atoms with Gasteiger partial charge in [0.05, 0.1) is 6.67 Å². The van der Waals surface area contributed by atoms with Gasteiger partial charge >= 0.3 is 0 Å². The average molecular weight is 404 g/mol. The first-order valence-electron chi connectivity index (χ1n) is 9.67. The van der Waals surface area contributed by atoms with Crippen molar-refractivity contribution in [2.45, 2.75) is 32.4 Å². The van der Waals surface area contributed by atoms with Crippen LogP contribution in [0.15, 0.2) is 36.4 Å². The van der Waals surface area contributed by atoms with Crippen molar-refractivity contribution >= 4 is 28.9 Å². The molecule has 1 unspecified atom stereocenters. The Labute approximate surface area is 172 Å². The lowest BCUT2D eigenvalue weighted by Gasteiger charge is -2.35. The maximum Gasteiger partial charge on any atom is 0.0685 e. The van der Waals surface area contributed by atoms with Gasteiger partial charge in [-0.2, -0.15) is 0 Å². The molecule has 4 rings (SSSR count). The summed E-state index contributed by atoms with van der Waals surface area (Å²) >= 11 is 12.9. The first-order valence-corrected chi connectivity index (χ1v) is 10.4. The number of rotatable bonds is 3. The number of fused-ring (bicyclic) bond motifs is 1. The fourth-order valence-corrected chi connectivity index (χ4v) is 4.97. The Bertz CT molecular complexity index is 836. The molecule has 5 heteroatoms. The van der Waals surface area contributed by atoms with Crippen LogP contribution in [0.25, 0.3) is 0 Å². The summed E-state index contributed by atoms with van der Waals surface area (Å²) in [6.45, 7) is 8.33. The van der Waals surface area contributed by atoms with Crippen molar-refractivity contribution in [1.29, 1.82) is 0 Å². The highest BCUT2D eigenvalue weighted by atomic mass is 35.5. The molecule has 2 heterocycles. The van der Waals surface area contributed by atoms with Crippen LogP contribution < -0.4 is 10.2 Å². The zero-order chi connectivity index (χ0) is 19.1. The molecule has 0 spiro atoms. The largest absolute Gasteiger partial charge is 0.357 e. The number of nitrogens with zero attached hydrogens (tertiary/aromatic N) is 2. The lowest BCUT2D eigenvalue weighted by Crippen LogP contribution is -2.32. The van der Waals surface area contributed by atoms with E-state index in [1.807, 2.05) is 6.07 Å². The standard InChI is InChI=1S/C22H27Cl2N3/c1-14(2)21-12-27(13-25-21)22-7-5-4-6-16(22)18-10-26(3)11-19-17(18)8-15(23)9-20(19)24/h4-9,14,18,21,25H,10-13H2,1-3H3/t18-,21?/m0/s1.